The second-order valence-corrected chi connectivity index (χ2v) is 4.37. The van der Waals surface area contributed by atoms with Crippen molar-refractivity contribution in [1.82, 2.24) is 5.32 Å². The van der Waals surface area contributed by atoms with E-state index in [4.69, 9.17) is 4.74 Å². The molecule has 0 aliphatic carbocycles. The van der Waals surface area contributed by atoms with Crippen molar-refractivity contribution in [3.8, 4) is 0 Å². The van der Waals surface area contributed by atoms with Crippen LogP contribution in [0.4, 0.5) is 4.79 Å². The van der Waals surface area contributed by atoms with Crippen LogP contribution in [0.1, 0.15) is 27.2 Å². The normalized spacial score (nSPS) is 12.0. The van der Waals surface area contributed by atoms with E-state index in [1.54, 1.807) is 26.8 Å². The summed E-state index contributed by atoms with van der Waals surface area (Å²) in [5.74, 6) is -0.539. The highest BCUT2D eigenvalue weighted by atomic mass is 16.6. The molecular formula is C12H19NO4. The molecule has 0 aliphatic heterocycles. The van der Waals surface area contributed by atoms with Gasteiger partial charge in [0.05, 0.1) is 7.11 Å². The van der Waals surface area contributed by atoms with Gasteiger partial charge in [-0.2, -0.15) is 0 Å². The lowest BCUT2D eigenvalue weighted by Crippen LogP contribution is -2.43. The van der Waals surface area contributed by atoms with E-state index in [1.807, 2.05) is 0 Å². The van der Waals surface area contributed by atoms with E-state index < -0.39 is 23.7 Å². The molecule has 0 rings (SSSR count). The standard InChI is InChI=1S/C12H19NO4/c1-6-7-8-9(10(14)16-5)13-11(15)17-12(2,3)4/h7,9H,1,8H2,2-5H3,(H,13,15)/t9-/m0/s1. The minimum Gasteiger partial charge on any atom is -0.467 e. The SMILES string of the molecule is C=C=CC[C@H](NC(=O)OC(C)(C)C)C(=O)OC. The molecule has 96 valence electrons. The molecule has 0 aromatic carbocycles. The number of carbonyl (C=O) groups is 2. The Labute approximate surface area is 101 Å². The number of rotatable bonds is 4. The zero-order valence-corrected chi connectivity index (χ0v) is 10.7. The van der Waals surface area contributed by atoms with E-state index in [-0.39, 0.29) is 6.42 Å². The van der Waals surface area contributed by atoms with Gasteiger partial charge >= 0.3 is 12.1 Å². The number of hydrogen-bond donors (Lipinski definition) is 1. The Balaban J connectivity index is 4.47. The topological polar surface area (TPSA) is 64.6 Å². The summed E-state index contributed by atoms with van der Waals surface area (Å²) in [5, 5.41) is 2.42. The van der Waals surface area contributed by atoms with Crippen molar-refractivity contribution in [3.63, 3.8) is 0 Å². The second-order valence-electron chi connectivity index (χ2n) is 4.37. The Morgan fingerprint density at radius 1 is 1.47 bits per heavy atom. The molecule has 5 nitrogen and oxygen atoms in total. The zero-order chi connectivity index (χ0) is 13.5. The minimum absolute atomic E-state index is 0.259. The van der Waals surface area contributed by atoms with Crippen molar-refractivity contribution in [1.29, 1.82) is 0 Å². The third-order valence-corrected chi connectivity index (χ3v) is 1.67. The summed E-state index contributed by atoms with van der Waals surface area (Å²) in [6.07, 6.45) is 1.14. The second kappa shape index (κ2) is 6.76. The third-order valence-electron chi connectivity index (χ3n) is 1.67. The predicted octanol–water partition coefficient (Wildman–Crippen LogP) is 1.78. The molecule has 1 N–H and O–H groups in total. The molecule has 1 amide bonds. The molecule has 0 aliphatic rings. The highest BCUT2D eigenvalue weighted by Crippen LogP contribution is 2.07. The summed E-state index contributed by atoms with van der Waals surface area (Å²) in [5.41, 5.74) is 1.91. The molecule has 0 saturated carbocycles. The Kier molecular flexibility index (Phi) is 6.07. The monoisotopic (exact) mass is 241 g/mol. The highest BCUT2D eigenvalue weighted by molar-refractivity contribution is 5.81. The number of amides is 1. The first-order valence-electron chi connectivity index (χ1n) is 5.21. The fraction of sp³-hybridized carbons (Fsp3) is 0.583. The fourth-order valence-corrected chi connectivity index (χ4v) is 1.01. The summed E-state index contributed by atoms with van der Waals surface area (Å²) in [6, 6.07) is -0.788. The van der Waals surface area contributed by atoms with E-state index in [2.05, 4.69) is 22.4 Å². The van der Waals surface area contributed by atoms with Crippen molar-refractivity contribution in [2.24, 2.45) is 0 Å². The lowest BCUT2D eigenvalue weighted by molar-refractivity contribution is -0.143. The molecule has 0 saturated heterocycles. The molecule has 0 unspecified atom stereocenters. The van der Waals surface area contributed by atoms with Crippen molar-refractivity contribution < 1.29 is 19.1 Å². The van der Waals surface area contributed by atoms with E-state index in [0.29, 0.717) is 0 Å². The van der Waals surface area contributed by atoms with Gasteiger partial charge in [0.25, 0.3) is 0 Å². The number of hydrogen-bond acceptors (Lipinski definition) is 4. The largest absolute Gasteiger partial charge is 0.467 e. The number of esters is 1. The average Bonchev–Trinajstić information content (AvgIpc) is 2.20. The summed E-state index contributed by atoms with van der Waals surface area (Å²) in [7, 11) is 1.25. The Bertz CT molecular complexity index is 324. The molecule has 0 aromatic rings. The van der Waals surface area contributed by atoms with Crippen LogP contribution < -0.4 is 5.32 Å². The van der Waals surface area contributed by atoms with Gasteiger partial charge in [0.15, 0.2) is 0 Å². The lowest BCUT2D eigenvalue weighted by atomic mass is 10.2. The maximum Gasteiger partial charge on any atom is 0.408 e. The molecule has 17 heavy (non-hydrogen) atoms. The third kappa shape index (κ3) is 7.19. The molecule has 0 heterocycles. The maximum absolute atomic E-state index is 11.5. The van der Waals surface area contributed by atoms with Crippen molar-refractivity contribution >= 4 is 12.1 Å². The van der Waals surface area contributed by atoms with Gasteiger partial charge in [0, 0.05) is 6.42 Å². The molecular weight excluding hydrogens is 222 g/mol. The minimum atomic E-state index is -0.788. The number of methoxy groups -OCH3 is 1. The fourth-order valence-electron chi connectivity index (χ4n) is 1.01. The van der Waals surface area contributed by atoms with Gasteiger partial charge in [-0.25, -0.2) is 9.59 Å². The van der Waals surface area contributed by atoms with Crippen LogP contribution in [0.3, 0.4) is 0 Å². The first-order valence-corrected chi connectivity index (χ1v) is 5.21. The Morgan fingerprint density at radius 3 is 2.47 bits per heavy atom. The van der Waals surface area contributed by atoms with Crippen molar-refractivity contribution in [3.05, 3.63) is 18.4 Å². The first kappa shape index (κ1) is 15.3. The molecule has 5 heteroatoms. The Hall–Kier alpha value is -1.74. The summed E-state index contributed by atoms with van der Waals surface area (Å²) in [6.45, 7) is 8.60. The number of nitrogens with one attached hydrogen (secondary N) is 1. The molecule has 0 bridgehead atoms. The summed E-state index contributed by atoms with van der Waals surface area (Å²) in [4.78, 5) is 22.8. The van der Waals surface area contributed by atoms with Crippen LogP contribution in [0.25, 0.3) is 0 Å². The van der Waals surface area contributed by atoms with Crippen molar-refractivity contribution in [2.45, 2.75) is 38.8 Å². The van der Waals surface area contributed by atoms with Crippen LogP contribution in [0.2, 0.25) is 0 Å². The predicted molar refractivity (Wildman–Crippen MR) is 63.5 cm³/mol. The number of alkyl carbamates (subject to hydrolysis) is 1. The summed E-state index contributed by atoms with van der Waals surface area (Å²) < 4.78 is 9.60. The van der Waals surface area contributed by atoms with E-state index in [9.17, 15) is 9.59 Å². The Morgan fingerprint density at radius 2 is 2.06 bits per heavy atom. The highest BCUT2D eigenvalue weighted by Gasteiger charge is 2.23. The van der Waals surface area contributed by atoms with Gasteiger partial charge in [-0.1, -0.05) is 6.58 Å². The average molecular weight is 241 g/mol. The van der Waals surface area contributed by atoms with Gasteiger partial charge < -0.3 is 14.8 Å². The maximum atomic E-state index is 11.5. The number of carbonyl (C=O) groups excluding carboxylic acids is 2. The molecule has 0 fully saturated rings. The van der Waals surface area contributed by atoms with Crippen molar-refractivity contribution in [2.75, 3.05) is 7.11 Å². The zero-order valence-electron chi connectivity index (χ0n) is 10.7. The van der Waals surface area contributed by atoms with Gasteiger partial charge in [-0.3, -0.25) is 0 Å². The van der Waals surface area contributed by atoms with E-state index in [1.165, 1.54) is 7.11 Å². The van der Waals surface area contributed by atoms with Gasteiger partial charge in [-0.15, -0.1) is 5.73 Å². The van der Waals surface area contributed by atoms with Crippen LogP contribution in [-0.4, -0.2) is 30.8 Å². The lowest BCUT2D eigenvalue weighted by Gasteiger charge is -2.22. The first-order chi connectivity index (χ1) is 7.80. The smallest absolute Gasteiger partial charge is 0.408 e. The van der Waals surface area contributed by atoms with Crippen LogP contribution in [0.5, 0.6) is 0 Å². The molecule has 1 atom stereocenters. The van der Waals surface area contributed by atoms with E-state index in [0.717, 1.165) is 0 Å². The quantitative estimate of drug-likeness (QED) is 0.602. The van der Waals surface area contributed by atoms with Gasteiger partial charge in [-0.05, 0) is 26.8 Å². The summed E-state index contributed by atoms with van der Waals surface area (Å²) >= 11 is 0. The van der Waals surface area contributed by atoms with E-state index >= 15 is 0 Å². The molecule has 0 aromatic heterocycles. The van der Waals surface area contributed by atoms with Gasteiger partial charge in [0.2, 0.25) is 0 Å². The van der Waals surface area contributed by atoms with Crippen LogP contribution in [-0.2, 0) is 14.3 Å². The van der Waals surface area contributed by atoms with Crippen LogP contribution in [0, 0.1) is 0 Å². The number of ether oxygens (including phenoxy) is 2. The van der Waals surface area contributed by atoms with Crippen LogP contribution >= 0.6 is 0 Å². The van der Waals surface area contributed by atoms with Crippen LogP contribution in [0.15, 0.2) is 18.4 Å². The van der Waals surface area contributed by atoms with Gasteiger partial charge in [0.1, 0.15) is 11.6 Å². The molecule has 0 spiro atoms. The molecule has 0 radical (unpaired) electrons.